The molecular formula is C43H54N6O10. The molecule has 0 bridgehead atoms. The Bertz CT molecular complexity index is 2040. The van der Waals surface area contributed by atoms with E-state index in [1.54, 1.807) is 30.3 Å². The van der Waals surface area contributed by atoms with Crippen LogP contribution in [0.2, 0.25) is 0 Å². The molecule has 0 spiro atoms. The molecule has 2 aliphatic heterocycles. The highest BCUT2D eigenvalue weighted by atomic mass is 16.5. The molecular weight excluding hydrogens is 761 g/mol. The number of rotatable bonds is 28. The van der Waals surface area contributed by atoms with E-state index in [4.69, 9.17) is 39.9 Å². The fraction of sp³-hybridized carbons (Fsp3) is 0.442. The van der Waals surface area contributed by atoms with Gasteiger partial charge in [-0.05, 0) is 42.8 Å². The molecule has 16 heteroatoms. The number of benzene rings is 4. The second-order valence-corrected chi connectivity index (χ2v) is 13.8. The Morgan fingerprint density at radius 3 is 1.27 bits per heavy atom. The summed E-state index contributed by atoms with van der Waals surface area (Å²) in [7, 11) is 0. The molecule has 0 unspecified atom stereocenters. The van der Waals surface area contributed by atoms with Crippen molar-refractivity contribution in [3.05, 3.63) is 82.9 Å². The standard InChI is InChI=1S/C43H54N6O10/c44-12-19-55-25-24-54-18-3-14-46-36-10-8-34-38-30(36)4-1-6-32(38)40(50)48(42(34)52)16-22-58-28-29-59-23-17-49-41(51)33-7-2-5-31-37(11-9-35(39(31)33)43(49)53)47-15-21-57-27-26-56-20-13-45/h1-2,4-11,46-47H,3,12-29,44-45H2. The van der Waals surface area contributed by atoms with Gasteiger partial charge >= 0.3 is 0 Å². The van der Waals surface area contributed by atoms with Crippen LogP contribution in [0.25, 0.3) is 21.5 Å². The SMILES string of the molecule is NCCOCCOCCCNc1ccc2c3c(cccc13)C(=O)N(CCOCCOCCN1C(=O)c3cccc4c(NCCOCCOCCN)ccc(c34)C1=O)C2=O. The van der Waals surface area contributed by atoms with Crippen molar-refractivity contribution in [2.45, 2.75) is 6.42 Å². The first-order valence-corrected chi connectivity index (χ1v) is 20.1. The van der Waals surface area contributed by atoms with Gasteiger partial charge in [0.2, 0.25) is 0 Å². The minimum absolute atomic E-state index is 0.0685. The highest BCUT2D eigenvalue weighted by Gasteiger charge is 2.34. The lowest BCUT2D eigenvalue weighted by molar-refractivity contribution is 0.0264. The van der Waals surface area contributed by atoms with Crippen LogP contribution in [0.1, 0.15) is 47.9 Å². The normalized spacial score (nSPS) is 13.7. The van der Waals surface area contributed by atoms with Gasteiger partial charge < -0.3 is 50.5 Å². The number of hydrogen-bond acceptors (Lipinski definition) is 14. The first-order chi connectivity index (χ1) is 29.0. The number of nitrogens with one attached hydrogen (secondary N) is 2. The van der Waals surface area contributed by atoms with Crippen LogP contribution in [0.4, 0.5) is 11.4 Å². The van der Waals surface area contributed by atoms with Crippen LogP contribution in [0.15, 0.2) is 60.7 Å². The van der Waals surface area contributed by atoms with Crippen molar-refractivity contribution in [2.75, 3.05) is 129 Å². The van der Waals surface area contributed by atoms with Gasteiger partial charge in [-0.25, -0.2) is 0 Å². The van der Waals surface area contributed by atoms with E-state index in [-0.39, 0.29) is 63.1 Å². The summed E-state index contributed by atoms with van der Waals surface area (Å²) in [4.78, 5) is 56.4. The van der Waals surface area contributed by atoms with E-state index in [1.165, 1.54) is 9.80 Å². The van der Waals surface area contributed by atoms with Crippen molar-refractivity contribution in [1.82, 2.24) is 9.80 Å². The summed E-state index contributed by atoms with van der Waals surface area (Å²) in [5, 5.41) is 9.60. The van der Waals surface area contributed by atoms with E-state index in [0.717, 1.165) is 28.6 Å². The molecule has 6 N–H and O–H groups in total. The van der Waals surface area contributed by atoms with Gasteiger partial charge in [0.25, 0.3) is 23.6 Å². The Kier molecular flexibility index (Phi) is 16.5. The van der Waals surface area contributed by atoms with Crippen LogP contribution in [0.5, 0.6) is 0 Å². The first kappa shape index (κ1) is 43.5. The van der Waals surface area contributed by atoms with Crippen LogP contribution in [-0.2, 0) is 28.4 Å². The maximum Gasteiger partial charge on any atom is 0.261 e. The number of ether oxygens (including phenoxy) is 6. The minimum atomic E-state index is -0.381. The maximum absolute atomic E-state index is 13.5. The molecule has 0 atom stereocenters. The molecule has 2 aliphatic rings. The molecule has 2 heterocycles. The van der Waals surface area contributed by atoms with Gasteiger partial charge in [-0.2, -0.15) is 0 Å². The van der Waals surface area contributed by atoms with E-state index >= 15 is 0 Å². The summed E-state index contributed by atoms with van der Waals surface area (Å²) in [6.07, 6.45) is 0.770. The molecule has 4 amide bonds. The zero-order valence-corrected chi connectivity index (χ0v) is 33.3. The molecule has 4 aromatic rings. The topological polar surface area (TPSA) is 206 Å². The predicted molar refractivity (Wildman–Crippen MR) is 223 cm³/mol. The quantitative estimate of drug-likeness (QED) is 0.0481. The number of carbonyl (C=O) groups excluding carboxylic acids is 4. The summed E-state index contributed by atoms with van der Waals surface area (Å²) in [5.74, 6) is -1.51. The third-order valence-corrected chi connectivity index (χ3v) is 9.89. The largest absolute Gasteiger partial charge is 0.384 e. The molecule has 6 rings (SSSR count). The molecule has 0 aromatic heterocycles. The minimum Gasteiger partial charge on any atom is -0.384 e. The lowest BCUT2D eigenvalue weighted by Gasteiger charge is -2.28. The maximum atomic E-state index is 13.5. The number of nitrogens with zero attached hydrogens (tertiary/aromatic N) is 2. The van der Waals surface area contributed by atoms with Gasteiger partial charge in [0, 0.05) is 88.0 Å². The number of hydrogen-bond donors (Lipinski definition) is 4. The van der Waals surface area contributed by atoms with Crippen molar-refractivity contribution in [3.8, 4) is 0 Å². The molecule has 316 valence electrons. The van der Waals surface area contributed by atoms with E-state index in [0.29, 0.717) is 112 Å². The highest BCUT2D eigenvalue weighted by Crippen LogP contribution is 2.36. The Balaban J connectivity index is 0.913. The van der Waals surface area contributed by atoms with Crippen molar-refractivity contribution < 1.29 is 47.6 Å². The Labute approximate surface area is 343 Å². The zero-order chi connectivity index (χ0) is 41.4. The summed E-state index contributed by atoms with van der Waals surface area (Å²) in [5.41, 5.74) is 14.3. The van der Waals surface area contributed by atoms with E-state index in [1.807, 2.05) is 30.3 Å². The molecule has 0 aliphatic carbocycles. The lowest BCUT2D eigenvalue weighted by Crippen LogP contribution is -2.42. The van der Waals surface area contributed by atoms with Crippen molar-refractivity contribution in [1.29, 1.82) is 0 Å². The second-order valence-electron chi connectivity index (χ2n) is 13.8. The van der Waals surface area contributed by atoms with Gasteiger partial charge in [0.1, 0.15) is 0 Å². The van der Waals surface area contributed by atoms with Crippen molar-refractivity contribution >= 4 is 56.5 Å². The summed E-state index contributed by atoms with van der Waals surface area (Å²) in [6, 6.07) is 18.1. The Morgan fingerprint density at radius 1 is 0.424 bits per heavy atom. The molecule has 0 saturated carbocycles. The molecule has 16 nitrogen and oxygen atoms in total. The Morgan fingerprint density at radius 2 is 0.814 bits per heavy atom. The average Bonchev–Trinajstić information content (AvgIpc) is 3.25. The monoisotopic (exact) mass is 814 g/mol. The average molecular weight is 815 g/mol. The molecule has 59 heavy (non-hydrogen) atoms. The van der Waals surface area contributed by atoms with E-state index < -0.39 is 0 Å². The lowest BCUT2D eigenvalue weighted by atomic mass is 9.93. The summed E-state index contributed by atoms with van der Waals surface area (Å²) >= 11 is 0. The summed E-state index contributed by atoms with van der Waals surface area (Å²) in [6.45, 7) is 6.90. The second kappa shape index (κ2) is 22.4. The first-order valence-electron chi connectivity index (χ1n) is 20.1. The number of nitrogens with two attached hydrogens (primary N) is 2. The van der Waals surface area contributed by atoms with Gasteiger partial charge in [-0.3, -0.25) is 29.0 Å². The highest BCUT2D eigenvalue weighted by molar-refractivity contribution is 6.27. The van der Waals surface area contributed by atoms with Crippen molar-refractivity contribution in [2.24, 2.45) is 11.5 Å². The van der Waals surface area contributed by atoms with Gasteiger partial charge in [0.05, 0.1) is 85.8 Å². The number of imide groups is 2. The fourth-order valence-corrected chi connectivity index (χ4v) is 7.11. The number of anilines is 2. The van der Waals surface area contributed by atoms with E-state index in [9.17, 15) is 19.2 Å². The molecule has 0 saturated heterocycles. The van der Waals surface area contributed by atoms with E-state index in [2.05, 4.69) is 10.6 Å². The third-order valence-electron chi connectivity index (χ3n) is 9.89. The molecule has 0 radical (unpaired) electrons. The van der Waals surface area contributed by atoms with Gasteiger partial charge in [-0.1, -0.05) is 24.3 Å². The molecule has 0 fully saturated rings. The third kappa shape index (κ3) is 10.8. The Hall–Kier alpha value is -5.04. The van der Waals surface area contributed by atoms with Crippen LogP contribution in [-0.4, -0.2) is 152 Å². The van der Waals surface area contributed by atoms with Crippen LogP contribution in [0, 0.1) is 0 Å². The molecule has 4 aromatic carbocycles. The zero-order valence-electron chi connectivity index (χ0n) is 33.3. The smallest absolute Gasteiger partial charge is 0.261 e. The van der Waals surface area contributed by atoms with Crippen LogP contribution < -0.4 is 22.1 Å². The number of amides is 4. The van der Waals surface area contributed by atoms with Gasteiger partial charge in [-0.15, -0.1) is 0 Å². The van der Waals surface area contributed by atoms with Crippen molar-refractivity contribution in [3.63, 3.8) is 0 Å². The van der Waals surface area contributed by atoms with Gasteiger partial charge in [0.15, 0.2) is 0 Å². The summed E-state index contributed by atoms with van der Waals surface area (Å²) < 4.78 is 33.3. The fourth-order valence-electron chi connectivity index (χ4n) is 7.11. The van der Waals surface area contributed by atoms with Crippen LogP contribution >= 0.6 is 0 Å². The number of carbonyl (C=O) groups is 4. The van der Waals surface area contributed by atoms with Crippen LogP contribution in [0.3, 0.4) is 0 Å². The predicted octanol–water partition coefficient (Wildman–Crippen LogP) is 3.12.